The molecule has 1 amide bonds. The molecule has 0 unspecified atom stereocenters. The van der Waals surface area contributed by atoms with Gasteiger partial charge >= 0.3 is 11.9 Å². The minimum Gasteiger partial charge on any atom is -0.480 e. The Bertz CT molecular complexity index is 264. The highest BCUT2D eigenvalue weighted by Crippen LogP contribution is 1.98. The van der Waals surface area contributed by atoms with Crippen molar-refractivity contribution in [3.05, 3.63) is 0 Å². The van der Waals surface area contributed by atoms with Crippen LogP contribution >= 0.6 is 0 Å². The summed E-state index contributed by atoms with van der Waals surface area (Å²) in [6.07, 6.45) is 0.239. The van der Waals surface area contributed by atoms with Crippen molar-refractivity contribution in [1.82, 2.24) is 4.90 Å². The Labute approximate surface area is 94.2 Å². The van der Waals surface area contributed by atoms with Crippen molar-refractivity contribution in [2.75, 3.05) is 19.7 Å². The molecule has 16 heavy (non-hydrogen) atoms. The second kappa shape index (κ2) is 7.67. The van der Waals surface area contributed by atoms with Gasteiger partial charge < -0.3 is 14.7 Å². The summed E-state index contributed by atoms with van der Waals surface area (Å²) in [5.41, 5.74) is 0. The van der Waals surface area contributed by atoms with Gasteiger partial charge in [0.1, 0.15) is 13.0 Å². The van der Waals surface area contributed by atoms with Gasteiger partial charge in [0.05, 0.1) is 6.61 Å². The van der Waals surface area contributed by atoms with Crippen LogP contribution in [0.1, 0.15) is 26.7 Å². The molecule has 0 bridgehead atoms. The van der Waals surface area contributed by atoms with Crippen molar-refractivity contribution in [2.45, 2.75) is 26.7 Å². The minimum absolute atomic E-state index is 0.207. The summed E-state index contributed by atoms with van der Waals surface area (Å²) in [6, 6.07) is 0. The smallest absolute Gasteiger partial charge is 0.323 e. The van der Waals surface area contributed by atoms with E-state index in [1.807, 2.05) is 6.92 Å². The zero-order valence-electron chi connectivity index (χ0n) is 9.56. The number of carbonyl (C=O) groups excluding carboxylic acids is 2. The molecule has 0 aromatic rings. The predicted octanol–water partition coefficient (Wildman–Crippen LogP) is 0.263. The van der Waals surface area contributed by atoms with Crippen molar-refractivity contribution in [3.63, 3.8) is 0 Å². The lowest BCUT2D eigenvalue weighted by molar-refractivity contribution is -0.151. The van der Waals surface area contributed by atoms with Gasteiger partial charge in [-0.25, -0.2) is 0 Å². The van der Waals surface area contributed by atoms with Crippen molar-refractivity contribution >= 4 is 17.8 Å². The molecule has 6 nitrogen and oxygen atoms in total. The zero-order chi connectivity index (χ0) is 12.6. The van der Waals surface area contributed by atoms with E-state index in [1.165, 1.54) is 0 Å². The number of amides is 1. The summed E-state index contributed by atoms with van der Waals surface area (Å²) in [5.74, 6) is -2.23. The molecular weight excluding hydrogens is 214 g/mol. The lowest BCUT2D eigenvalue weighted by Crippen LogP contribution is -2.37. The van der Waals surface area contributed by atoms with Crippen LogP contribution < -0.4 is 0 Å². The minimum atomic E-state index is -1.09. The number of aliphatic carboxylic acids is 1. The predicted molar refractivity (Wildman–Crippen MR) is 55.8 cm³/mol. The van der Waals surface area contributed by atoms with Crippen LogP contribution in [0.3, 0.4) is 0 Å². The summed E-state index contributed by atoms with van der Waals surface area (Å²) < 4.78 is 4.61. The van der Waals surface area contributed by atoms with E-state index in [1.54, 1.807) is 6.92 Å². The largest absolute Gasteiger partial charge is 0.480 e. The van der Waals surface area contributed by atoms with E-state index in [0.29, 0.717) is 13.0 Å². The third-order valence-electron chi connectivity index (χ3n) is 1.77. The lowest BCUT2D eigenvalue weighted by Gasteiger charge is -2.19. The van der Waals surface area contributed by atoms with Crippen molar-refractivity contribution in [1.29, 1.82) is 0 Å². The maximum Gasteiger partial charge on any atom is 0.323 e. The standard InChI is InChI=1S/C10H17NO5/c1-3-5-11(7-9(13)14)8(12)6-10(15)16-4-2/h3-7H2,1-2H3,(H,13,14). The molecule has 0 aliphatic rings. The first-order valence-corrected chi connectivity index (χ1v) is 5.16. The Morgan fingerprint density at radius 2 is 1.88 bits per heavy atom. The van der Waals surface area contributed by atoms with Gasteiger partial charge in [-0.05, 0) is 13.3 Å². The third kappa shape index (κ3) is 6.00. The first kappa shape index (κ1) is 14.4. The van der Waals surface area contributed by atoms with Crippen LogP contribution in [0.4, 0.5) is 0 Å². The van der Waals surface area contributed by atoms with E-state index in [9.17, 15) is 14.4 Å². The number of rotatable bonds is 7. The molecule has 0 spiro atoms. The van der Waals surface area contributed by atoms with Crippen molar-refractivity contribution in [3.8, 4) is 0 Å². The van der Waals surface area contributed by atoms with E-state index in [4.69, 9.17) is 5.11 Å². The van der Waals surface area contributed by atoms with Gasteiger partial charge in [0.15, 0.2) is 0 Å². The number of ether oxygens (including phenoxy) is 1. The molecule has 6 heteroatoms. The van der Waals surface area contributed by atoms with Crippen LogP contribution in [0.2, 0.25) is 0 Å². The van der Waals surface area contributed by atoms with Crippen molar-refractivity contribution < 1.29 is 24.2 Å². The fourth-order valence-electron chi connectivity index (χ4n) is 1.17. The number of carbonyl (C=O) groups is 3. The molecule has 1 N–H and O–H groups in total. The molecule has 0 aromatic heterocycles. The highest BCUT2D eigenvalue weighted by atomic mass is 16.5. The molecule has 0 atom stereocenters. The van der Waals surface area contributed by atoms with E-state index in [2.05, 4.69) is 4.74 Å². The van der Waals surface area contributed by atoms with Gasteiger partial charge in [0, 0.05) is 6.54 Å². The van der Waals surface area contributed by atoms with Crippen molar-refractivity contribution in [2.24, 2.45) is 0 Å². The van der Waals surface area contributed by atoms with E-state index in [0.717, 1.165) is 4.90 Å². The van der Waals surface area contributed by atoms with Gasteiger partial charge in [-0.2, -0.15) is 0 Å². The SMILES string of the molecule is CCCN(CC(=O)O)C(=O)CC(=O)OCC. The summed E-state index contributed by atoms with van der Waals surface area (Å²) in [6.45, 7) is 3.62. The monoisotopic (exact) mass is 231 g/mol. The maximum absolute atomic E-state index is 11.5. The Morgan fingerprint density at radius 1 is 1.25 bits per heavy atom. The van der Waals surface area contributed by atoms with Crippen LogP contribution in [-0.4, -0.2) is 47.5 Å². The summed E-state index contributed by atoms with van der Waals surface area (Å²) in [4.78, 5) is 34.2. The number of esters is 1. The number of carboxylic acid groups (broad SMARTS) is 1. The van der Waals surface area contributed by atoms with Gasteiger partial charge in [-0.1, -0.05) is 6.92 Å². The van der Waals surface area contributed by atoms with Crippen LogP contribution in [0.5, 0.6) is 0 Å². The summed E-state index contributed by atoms with van der Waals surface area (Å²) >= 11 is 0. The highest BCUT2D eigenvalue weighted by Gasteiger charge is 2.19. The lowest BCUT2D eigenvalue weighted by atomic mass is 10.3. The normalized spacial score (nSPS) is 9.62. The molecule has 0 aromatic carbocycles. The highest BCUT2D eigenvalue weighted by molar-refractivity contribution is 5.95. The second-order valence-corrected chi connectivity index (χ2v) is 3.19. The molecule has 0 aliphatic carbocycles. The Kier molecular flexibility index (Phi) is 6.91. The first-order chi connectivity index (χ1) is 7.51. The molecule has 0 rings (SSSR count). The van der Waals surface area contributed by atoms with Crippen LogP contribution in [0.15, 0.2) is 0 Å². The molecular formula is C10H17NO5. The Hall–Kier alpha value is -1.59. The molecule has 92 valence electrons. The first-order valence-electron chi connectivity index (χ1n) is 5.16. The fourth-order valence-corrected chi connectivity index (χ4v) is 1.17. The molecule has 0 aliphatic heterocycles. The van der Waals surface area contributed by atoms with Gasteiger partial charge in [0.2, 0.25) is 5.91 Å². The van der Waals surface area contributed by atoms with E-state index < -0.39 is 24.3 Å². The van der Waals surface area contributed by atoms with E-state index >= 15 is 0 Å². The fraction of sp³-hybridized carbons (Fsp3) is 0.700. The number of hydrogen-bond donors (Lipinski definition) is 1. The summed E-state index contributed by atoms with van der Waals surface area (Å²) in [5, 5.41) is 8.59. The van der Waals surface area contributed by atoms with Gasteiger partial charge in [0.25, 0.3) is 0 Å². The number of carboxylic acids is 1. The topological polar surface area (TPSA) is 83.9 Å². The summed E-state index contributed by atoms with van der Waals surface area (Å²) in [7, 11) is 0. The quantitative estimate of drug-likeness (QED) is 0.502. The Morgan fingerprint density at radius 3 is 2.31 bits per heavy atom. The van der Waals surface area contributed by atoms with Gasteiger partial charge in [-0.3, -0.25) is 14.4 Å². The maximum atomic E-state index is 11.5. The molecule has 0 radical (unpaired) electrons. The third-order valence-corrected chi connectivity index (χ3v) is 1.77. The Balaban J connectivity index is 4.26. The second-order valence-electron chi connectivity index (χ2n) is 3.19. The van der Waals surface area contributed by atoms with Gasteiger partial charge in [-0.15, -0.1) is 0 Å². The number of nitrogens with zero attached hydrogens (tertiary/aromatic N) is 1. The van der Waals surface area contributed by atoms with E-state index in [-0.39, 0.29) is 13.2 Å². The van der Waals surface area contributed by atoms with Crippen LogP contribution in [0, 0.1) is 0 Å². The molecule has 0 saturated carbocycles. The molecule has 0 heterocycles. The molecule has 0 fully saturated rings. The zero-order valence-corrected chi connectivity index (χ0v) is 9.56. The molecule has 0 saturated heterocycles. The number of hydrogen-bond acceptors (Lipinski definition) is 4. The average molecular weight is 231 g/mol. The van der Waals surface area contributed by atoms with Crippen LogP contribution in [-0.2, 0) is 19.1 Å². The van der Waals surface area contributed by atoms with Crippen LogP contribution in [0.25, 0.3) is 0 Å². The average Bonchev–Trinajstić information content (AvgIpc) is 2.16.